The van der Waals surface area contributed by atoms with E-state index < -0.39 is 10.0 Å². The summed E-state index contributed by atoms with van der Waals surface area (Å²) in [5, 5.41) is 9.36. The fraction of sp³-hybridized carbons (Fsp3) is 0.286. The number of thiophene rings is 1. The molecule has 2 aromatic rings. The molecule has 0 atom stereocenters. The van der Waals surface area contributed by atoms with E-state index in [1.165, 1.54) is 11.6 Å². The first-order valence-electron chi connectivity index (χ1n) is 6.64. The van der Waals surface area contributed by atoms with Gasteiger partial charge in [-0.3, -0.25) is 0 Å². The number of hydrogen-bond acceptors (Lipinski definition) is 5. The van der Waals surface area contributed by atoms with E-state index in [0.717, 1.165) is 25.1 Å². The van der Waals surface area contributed by atoms with Crippen molar-refractivity contribution < 1.29 is 8.42 Å². The maximum atomic E-state index is 11.6. The largest absolute Gasteiger partial charge is 0.399 e. The fourth-order valence-electron chi connectivity index (χ4n) is 2.33. The summed E-state index contributed by atoms with van der Waals surface area (Å²) in [6.45, 7) is 0.752. The van der Waals surface area contributed by atoms with Crippen LogP contribution in [-0.4, -0.2) is 14.5 Å². The average Bonchev–Trinajstić information content (AvgIpc) is 3.11. The number of anilines is 2. The lowest BCUT2D eigenvalue weighted by Gasteiger charge is -2.25. The lowest BCUT2D eigenvalue weighted by Crippen LogP contribution is -2.25. The Balaban J connectivity index is 1.97. The van der Waals surface area contributed by atoms with Crippen molar-refractivity contribution in [2.75, 3.05) is 10.6 Å². The standard InChI is InChI=1S/C14H17N3O2S2/c15-11-5-13(7-14(6-11)21(16,18)19)17(12-1-2-12)8-10-3-4-20-9-10/h3-7,9,12H,1-2,8,15H2,(H2,16,18,19). The monoisotopic (exact) mass is 323 g/mol. The Kier molecular flexibility index (Phi) is 3.64. The van der Waals surface area contributed by atoms with Gasteiger partial charge in [-0.2, -0.15) is 11.3 Å². The van der Waals surface area contributed by atoms with E-state index >= 15 is 0 Å². The van der Waals surface area contributed by atoms with E-state index in [1.807, 2.05) is 5.38 Å². The molecule has 112 valence electrons. The van der Waals surface area contributed by atoms with E-state index in [0.29, 0.717) is 11.7 Å². The van der Waals surface area contributed by atoms with Gasteiger partial charge in [0.15, 0.2) is 0 Å². The van der Waals surface area contributed by atoms with Gasteiger partial charge in [0.1, 0.15) is 0 Å². The highest BCUT2D eigenvalue weighted by Crippen LogP contribution is 2.35. The van der Waals surface area contributed by atoms with Crippen molar-refractivity contribution in [1.29, 1.82) is 0 Å². The minimum atomic E-state index is -3.75. The fourth-order valence-corrected chi connectivity index (χ4v) is 3.58. The number of hydrogen-bond donors (Lipinski definition) is 2. The maximum absolute atomic E-state index is 11.6. The molecule has 4 N–H and O–H groups in total. The molecule has 1 aliphatic carbocycles. The predicted octanol–water partition coefficient (Wildman–Crippen LogP) is 2.15. The van der Waals surface area contributed by atoms with Gasteiger partial charge < -0.3 is 10.6 Å². The third-order valence-electron chi connectivity index (χ3n) is 3.49. The third kappa shape index (κ3) is 3.37. The Bertz CT molecular complexity index is 738. The molecule has 3 rings (SSSR count). The first-order chi connectivity index (χ1) is 9.93. The van der Waals surface area contributed by atoms with Crippen LogP contribution in [0.25, 0.3) is 0 Å². The van der Waals surface area contributed by atoms with Gasteiger partial charge in [-0.05, 0) is 53.4 Å². The molecular formula is C14H17N3O2S2. The Morgan fingerprint density at radius 3 is 2.62 bits per heavy atom. The van der Waals surface area contributed by atoms with Gasteiger partial charge in [0.05, 0.1) is 4.90 Å². The minimum absolute atomic E-state index is 0.0634. The SMILES string of the molecule is Nc1cc(N(Cc2ccsc2)C2CC2)cc(S(N)(=O)=O)c1. The zero-order chi connectivity index (χ0) is 15.0. The predicted molar refractivity (Wildman–Crippen MR) is 85.8 cm³/mol. The Hall–Kier alpha value is -1.57. The van der Waals surface area contributed by atoms with Crippen LogP contribution in [-0.2, 0) is 16.6 Å². The van der Waals surface area contributed by atoms with Crippen LogP contribution in [0.4, 0.5) is 11.4 Å². The van der Waals surface area contributed by atoms with Crippen LogP contribution in [0.1, 0.15) is 18.4 Å². The van der Waals surface area contributed by atoms with Crippen molar-refractivity contribution in [3.63, 3.8) is 0 Å². The summed E-state index contributed by atoms with van der Waals surface area (Å²) in [6, 6.07) is 7.33. The molecule has 1 saturated carbocycles. The molecule has 0 saturated heterocycles. The first kappa shape index (κ1) is 14.4. The third-order valence-corrected chi connectivity index (χ3v) is 5.12. The molecule has 1 fully saturated rings. The number of primary sulfonamides is 1. The molecule has 0 amide bonds. The van der Waals surface area contributed by atoms with Gasteiger partial charge in [0.2, 0.25) is 10.0 Å². The summed E-state index contributed by atoms with van der Waals surface area (Å²) in [5.74, 6) is 0. The van der Waals surface area contributed by atoms with E-state index in [2.05, 4.69) is 16.3 Å². The van der Waals surface area contributed by atoms with Crippen LogP contribution in [0.3, 0.4) is 0 Å². The van der Waals surface area contributed by atoms with Crippen LogP contribution in [0.5, 0.6) is 0 Å². The second kappa shape index (κ2) is 5.32. The van der Waals surface area contributed by atoms with Crippen molar-refractivity contribution in [2.24, 2.45) is 5.14 Å². The summed E-state index contributed by atoms with van der Waals surface area (Å²) in [7, 11) is -3.75. The highest BCUT2D eigenvalue weighted by molar-refractivity contribution is 7.89. The zero-order valence-corrected chi connectivity index (χ0v) is 13.0. The van der Waals surface area contributed by atoms with Crippen LogP contribution < -0.4 is 15.8 Å². The van der Waals surface area contributed by atoms with Gasteiger partial charge in [0, 0.05) is 24.0 Å². The molecule has 0 unspecified atom stereocenters. The molecule has 0 spiro atoms. The Morgan fingerprint density at radius 1 is 1.29 bits per heavy atom. The highest BCUT2D eigenvalue weighted by Gasteiger charge is 2.30. The number of nitrogen functional groups attached to an aromatic ring is 1. The van der Waals surface area contributed by atoms with Gasteiger partial charge in [-0.15, -0.1) is 0 Å². The molecule has 7 heteroatoms. The molecule has 1 heterocycles. The van der Waals surface area contributed by atoms with Crippen LogP contribution in [0.15, 0.2) is 39.9 Å². The van der Waals surface area contributed by atoms with Crippen molar-refractivity contribution in [1.82, 2.24) is 0 Å². The van der Waals surface area contributed by atoms with E-state index in [1.54, 1.807) is 23.5 Å². The summed E-state index contributed by atoms with van der Waals surface area (Å²) < 4.78 is 23.1. The number of rotatable bonds is 5. The maximum Gasteiger partial charge on any atom is 0.238 e. The van der Waals surface area contributed by atoms with Crippen LogP contribution in [0.2, 0.25) is 0 Å². The van der Waals surface area contributed by atoms with Crippen molar-refractivity contribution in [3.05, 3.63) is 40.6 Å². The molecule has 0 radical (unpaired) electrons. The van der Waals surface area contributed by atoms with E-state index in [9.17, 15) is 8.42 Å². The quantitative estimate of drug-likeness (QED) is 0.825. The summed E-state index contributed by atoms with van der Waals surface area (Å²) >= 11 is 1.65. The van der Waals surface area contributed by atoms with Crippen molar-refractivity contribution in [3.8, 4) is 0 Å². The molecule has 0 bridgehead atoms. The summed E-state index contributed by atoms with van der Waals surface area (Å²) in [4.78, 5) is 2.26. The van der Waals surface area contributed by atoms with Crippen molar-refractivity contribution in [2.45, 2.75) is 30.3 Å². The van der Waals surface area contributed by atoms with Gasteiger partial charge in [0.25, 0.3) is 0 Å². The highest BCUT2D eigenvalue weighted by atomic mass is 32.2. The normalized spacial score (nSPS) is 15.1. The smallest absolute Gasteiger partial charge is 0.238 e. The molecule has 5 nitrogen and oxygen atoms in total. The van der Waals surface area contributed by atoms with E-state index in [-0.39, 0.29) is 4.90 Å². The lowest BCUT2D eigenvalue weighted by atomic mass is 10.2. The lowest BCUT2D eigenvalue weighted by molar-refractivity contribution is 0.597. The summed E-state index contributed by atoms with van der Waals surface area (Å²) in [6.07, 6.45) is 2.23. The zero-order valence-electron chi connectivity index (χ0n) is 11.4. The van der Waals surface area contributed by atoms with Crippen LogP contribution >= 0.6 is 11.3 Å². The minimum Gasteiger partial charge on any atom is -0.399 e. The van der Waals surface area contributed by atoms with Gasteiger partial charge in [-0.25, -0.2) is 13.6 Å². The van der Waals surface area contributed by atoms with Gasteiger partial charge >= 0.3 is 0 Å². The van der Waals surface area contributed by atoms with E-state index in [4.69, 9.17) is 10.9 Å². The topological polar surface area (TPSA) is 89.4 Å². The Labute approximate surface area is 128 Å². The number of nitrogens with two attached hydrogens (primary N) is 2. The second-order valence-corrected chi connectivity index (χ2v) is 7.64. The number of nitrogens with zero attached hydrogens (tertiary/aromatic N) is 1. The first-order valence-corrected chi connectivity index (χ1v) is 9.13. The Morgan fingerprint density at radius 2 is 2.05 bits per heavy atom. The number of benzene rings is 1. The molecule has 1 aromatic heterocycles. The number of sulfonamides is 1. The van der Waals surface area contributed by atoms with Gasteiger partial charge in [-0.1, -0.05) is 0 Å². The molecular weight excluding hydrogens is 306 g/mol. The molecule has 0 aliphatic heterocycles. The average molecular weight is 323 g/mol. The molecule has 21 heavy (non-hydrogen) atoms. The summed E-state index contributed by atoms with van der Waals surface area (Å²) in [5.41, 5.74) is 8.28. The van der Waals surface area contributed by atoms with Crippen LogP contribution in [0, 0.1) is 0 Å². The molecule has 1 aliphatic rings. The second-order valence-electron chi connectivity index (χ2n) is 5.30. The van der Waals surface area contributed by atoms with Crippen molar-refractivity contribution >= 4 is 32.7 Å². The molecule has 1 aromatic carbocycles.